The molecular formula is C25H28N4O2S. The van der Waals surface area contributed by atoms with E-state index in [-0.39, 0.29) is 30.7 Å². The smallest absolute Gasteiger partial charge is 0.223 e. The molecule has 2 amide bonds. The topological polar surface area (TPSA) is 56.8 Å². The Balaban J connectivity index is 1.14. The largest absolute Gasteiger partial charge is 0.368 e. The van der Waals surface area contributed by atoms with Crippen LogP contribution in [-0.2, 0) is 9.59 Å². The van der Waals surface area contributed by atoms with Crippen molar-refractivity contribution < 1.29 is 9.59 Å². The molecule has 32 heavy (non-hydrogen) atoms. The molecule has 0 aliphatic carbocycles. The zero-order valence-electron chi connectivity index (χ0n) is 18.2. The second kappa shape index (κ2) is 9.28. The van der Waals surface area contributed by atoms with Crippen molar-refractivity contribution in [3.8, 4) is 0 Å². The number of hydrogen-bond donors (Lipinski definition) is 0. The van der Waals surface area contributed by atoms with Crippen molar-refractivity contribution in [2.24, 2.45) is 0 Å². The van der Waals surface area contributed by atoms with Gasteiger partial charge in [0.2, 0.25) is 11.8 Å². The number of anilines is 1. The van der Waals surface area contributed by atoms with E-state index in [0.717, 1.165) is 47.7 Å². The van der Waals surface area contributed by atoms with E-state index < -0.39 is 0 Å². The molecule has 2 aliphatic rings. The van der Waals surface area contributed by atoms with E-state index in [2.05, 4.69) is 23.1 Å². The molecular weight excluding hydrogens is 420 g/mol. The summed E-state index contributed by atoms with van der Waals surface area (Å²) in [6.45, 7) is 3.83. The van der Waals surface area contributed by atoms with Gasteiger partial charge in [-0.05, 0) is 37.1 Å². The number of benzene rings is 2. The standard InChI is InChI=1S/C25H28N4O2S/c30-23(28-17-15-27(16-18-28)19-7-2-1-3-8-19)12-13-24(31)29-14-6-10-21(29)25-26-20-9-4-5-11-22(20)32-25/h1-5,7-9,11,21H,6,10,12-18H2/t21-/m1/s1. The van der Waals surface area contributed by atoms with Crippen molar-refractivity contribution in [3.63, 3.8) is 0 Å². The van der Waals surface area contributed by atoms with Gasteiger partial charge in [-0.2, -0.15) is 0 Å². The predicted octanol–water partition coefficient (Wildman–Crippen LogP) is 4.09. The third-order valence-corrected chi connectivity index (χ3v) is 7.61. The van der Waals surface area contributed by atoms with E-state index in [1.54, 1.807) is 11.3 Å². The average Bonchev–Trinajstić information content (AvgIpc) is 3.50. The van der Waals surface area contributed by atoms with E-state index in [1.807, 2.05) is 46.2 Å². The van der Waals surface area contributed by atoms with Crippen LogP contribution in [0.25, 0.3) is 10.2 Å². The Bertz CT molecular complexity index is 1060. The summed E-state index contributed by atoms with van der Waals surface area (Å²) in [5.74, 6) is 0.157. The second-order valence-corrected chi connectivity index (χ2v) is 9.53. The van der Waals surface area contributed by atoms with E-state index in [4.69, 9.17) is 4.98 Å². The minimum atomic E-state index is 0.0458. The average molecular weight is 449 g/mol. The van der Waals surface area contributed by atoms with Gasteiger partial charge in [0.15, 0.2) is 0 Å². The van der Waals surface area contributed by atoms with Crippen molar-refractivity contribution in [1.82, 2.24) is 14.8 Å². The lowest BCUT2D eigenvalue weighted by Crippen LogP contribution is -2.49. The van der Waals surface area contributed by atoms with Gasteiger partial charge in [-0.25, -0.2) is 4.98 Å². The summed E-state index contributed by atoms with van der Waals surface area (Å²) >= 11 is 1.68. The Morgan fingerprint density at radius 3 is 2.38 bits per heavy atom. The van der Waals surface area contributed by atoms with Gasteiger partial charge in [0.1, 0.15) is 5.01 Å². The van der Waals surface area contributed by atoms with Crippen LogP contribution in [0.1, 0.15) is 36.7 Å². The third-order valence-electron chi connectivity index (χ3n) is 6.48. The highest BCUT2D eigenvalue weighted by Crippen LogP contribution is 2.36. The lowest BCUT2D eigenvalue weighted by Gasteiger charge is -2.36. The number of hydrogen-bond acceptors (Lipinski definition) is 5. The van der Waals surface area contributed by atoms with Gasteiger partial charge in [0, 0.05) is 51.3 Å². The second-order valence-electron chi connectivity index (χ2n) is 8.47. The molecule has 0 saturated carbocycles. The van der Waals surface area contributed by atoms with Gasteiger partial charge in [-0.15, -0.1) is 11.3 Å². The molecule has 2 saturated heterocycles. The number of carbonyl (C=O) groups is 2. The molecule has 0 radical (unpaired) electrons. The first-order chi connectivity index (χ1) is 15.7. The molecule has 2 aliphatic heterocycles. The fraction of sp³-hybridized carbons (Fsp3) is 0.400. The van der Waals surface area contributed by atoms with Gasteiger partial charge < -0.3 is 14.7 Å². The molecule has 3 heterocycles. The molecule has 2 aromatic carbocycles. The first-order valence-electron chi connectivity index (χ1n) is 11.4. The first-order valence-corrected chi connectivity index (χ1v) is 12.2. The highest BCUT2D eigenvalue weighted by molar-refractivity contribution is 7.18. The summed E-state index contributed by atoms with van der Waals surface area (Å²) in [6.07, 6.45) is 2.50. The van der Waals surface area contributed by atoms with Gasteiger partial charge in [0.05, 0.1) is 16.3 Å². The molecule has 0 unspecified atom stereocenters. The Morgan fingerprint density at radius 2 is 1.59 bits per heavy atom. The zero-order chi connectivity index (χ0) is 21.9. The highest BCUT2D eigenvalue weighted by atomic mass is 32.1. The van der Waals surface area contributed by atoms with Crippen LogP contribution in [0.2, 0.25) is 0 Å². The zero-order valence-corrected chi connectivity index (χ0v) is 19.0. The van der Waals surface area contributed by atoms with E-state index in [1.165, 1.54) is 5.69 Å². The summed E-state index contributed by atoms with van der Waals surface area (Å²) in [5, 5.41) is 1.01. The number of nitrogens with zero attached hydrogens (tertiary/aromatic N) is 4. The van der Waals surface area contributed by atoms with E-state index >= 15 is 0 Å². The van der Waals surface area contributed by atoms with Crippen LogP contribution in [0.15, 0.2) is 54.6 Å². The molecule has 0 N–H and O–H groups in total. The summed E-state index contributed by atoms with van der Waals surface area (Å²) in [5.41, 5.74) is 2.20. The Labute approximate surface area is 192 Å². The number of amides is 2. The van der Waals surface area contributed by atoms with Crippen LogP contribution in [0.4, 0.5) is 5.69 Å². The third kappa shape index (κ3) is 4.35. The number of piperazine rings is 1. The number of carbonyl (C=O) groups excluding carboxylic acids is 2. The number of fused-ring (bicyclic) bond motifs is 1. The number of thiazole rings is 1. The summed E-state index contributed by atoms with van der Waals surface area (Å²) in [4.78, 5) is 36.7. The van der Waals surface area contributed by atoms with Crippen molar-refractivity contribution in [3.05, 3.63) is 59.6 Å². The molecule has 0 spiro atoms. The van der Waals surface area contributed by atoms with Crippen LogP contribution < -0.4 is 4.90 Å². The predicted molar refractivity (Wildman–Crippen MR) is 128 cm³/mol. The van der Waals surface area contributed by atoms with Crippen LogP contribution in [0.3, 0.4) is 0 Å². The number of para-hydroxylation sites is 2. The number of likely N-dealkylation sites (tertiary alicyclic amines) is 1. The van der Waals surface area contributed by atoms with Gasteiger partial charge in [0.25, 0.3) is 0 Å². The van der Waals surface area contributed by atoms with Gasteiger partial charge >= 0.3 is 0 Å². The van der Waals surface area contributed by atoms with Gasteiger partial charge in [-0.1, -0.05) is 30.3 Å². The molecule has 166 valence electrons. The monoisotopic (exact) mass is 448 g/mol. The fourth-order valence-corrected chi connectivity index (χ4v) is 5.84. The van der Waals surface area contributed by atoms with Crippen LogP contribution >= 0.6 is 11.3 Å². The summed E-state index contributed by atoms with van der Waals surface area (Å²) in [7, 11) is 0. The molecule has 2 fully saturated rings. The van der Waals surface area contributed by atoms with Crippen molar-refractivity contribution >= 4 is 39.1 Å². The summed E-state index contributed by atoms with van der Waals surface area (Å²) in [6, 6.07) is 18.5. The molecule has 0 bridgehead atoms. The minimum absolute atomic E-state index is 0.0458. The highest BCUT2D eigenvalue weighted by Gasteiger charge is 2.32. The molecule has 3 aromatic rings. The van der Waals surface area contributed by atoms with Crippen molar-refractivity contribution in [2.75, 3.05) is 37.6 Å². The SMILES string of the molecule is O=C(CCC(=O)N1CCC[C@@H]1c1nc2ccccc2s1)N1CCN(c2ccccc2)CC1. The molecule has 5 rings (SSSR count). The maximum atomic E-state index is 13.0. The number of rotatable bonds is 5. The van der Waals surface area contributed by atoms with E-state index in [9.17, 15) is 9.59 Å². The van der Waals surface area contributed by atoms with E-state index in [0.29, 0.717) is 13.1 Å². The fourth-order valence-electron chi connectivity index (χ4n) is 4.72. The van der Waals surface area contributed by atoms with Crippen LogP contribution in [0, 0.1) is 0 Å². The Kier molecular flexibility index (Phi) is 6.08. The maximum Gasteiger partial charge on any atom is 0.223 e. The molecule has 1 aromatic heterocycles. The first kappa shape index (κ1) is 20.9. The number of aromatic nitrogens is 1. The minimum Gasteiger partial charge on any atom is -0.368 e. The van der Waals surface area contributed by atoms with Crippen molar-refractivity contribution in [1.29, 1.82) is 0 Å². The van der Waals surface area contributed by atoms with Crippen molar-refractivity contribution in [2.45, 2.75) is 31.7 Å². The molecule has 1 atom stereocenters. The van der Waals surface area contributed by atoms with Crippen LogP contribution in [0.5, 0.6) is 0 Å². The Hall–Kier alpha value is -2.93. The normalized spacial score (nSPS) is 19.0. The lowest BCUT2D eigenvalue weighted by atomic mass is 10.2. The van der Waals surface area contributed by atoms with Gasteiger partial charge in [-0.3, -0.25) is 9.59 Å². The lowest BCUT2D eigenvalue weighted by molar-refractivity contribution is -0.137. The molecule has 7 heteroatoms. The summed E-state index contributed by atoms with van der Waals surface area (Å²) < 4.78 is 1.16. The molecule has 6 nitrogen and oxygen atoms in total. The quantitative estimate of drug-likeness (QED) is 0.590. The Morgan fingerprint density at radius 1 is 0.875 bits per heavy atom. The maximum absolute atomic E-state index is 13.0. The van der Waals surface area contributed by atoms with Crippen LogP contribution in [-0.4, -0.2) is 59.3 Å².